The van der Waals surface area contributed by atoms with Gasteiger partial charge in [0.25, 0.3) is 0 Å². The maximum Gasteiger partial charge on any atom is 0.159 e. The standard InChI is InChI=1S/C13H18O2/c1-9-11-6-4-3-5-10(14)7-13(11,2)8-12(9)15/h3-8H2,1-2H3. The summed E-state index contributed by atoms with van der Waals surface area (Å²) in [5.41, 5.74) is 2.06. The predicted molar refractivity (Wildman–Crippen MR) is 58.5 cm³/mol. The Kier molecular flexibility index (Phi) is 2.53. The molecule has 0 radical (unpaired) electrons. The normalized spacial score (nSPS) is 32.7. The van der Waals surface area contributed by atoms with Crippen molar-refractivity contribution in [1.29, 1.82) is 0 Å². The summed E-state index contributed by atoms with van der Waals surface area (Å²) in [6.07, 6.45) is 4.89. The molecule has 1 fully saturated rings. The third-order valence-electron chi connectivity index (χ3n) is 3.87. The summed E-state index contributed by atoms with van der Waals surface area (Å²) in [5.74, 6) is 0.583. The number of ketones is 2. The average molecular weight is 206 g/mol. The van der Waals surface area contributed by atoms with E-state index in [1.54, 1.807) is 0 Å². The van der Waals surface area contributed by atoms with Crippen molar-refractivity contribution in [3.8, 4) is 0 Å². The summed E-state index contributed by atoms with van der Waals surface area (Å²) in [4.78, 5) is 23.4. The monoisotopic (exact) mass is 206 g/mol. The van der Waals surface area contributed by atoms with Crippen LogP contribution in [0.15, 0.2) is 11.1 Å². The largest absolute Gasteiger partial charge is 0.300 e. The third-order valence-corrected chi connectivity index (χ3v) is 3.87. The summed E-state index contributed by atoms with van der Waals surface area (Å²) in [5, 5.41) is 0. The zero-order valence-corrected chi connectivity index (χ0v) is 9.56. The first-order valence-electron chi connectivity index (χ1n) is 5.78. The van der Waals surface area contributed by atoms with Crippen molar-refractivity contribution >= 4 is 11.6 Å². The quantitative estimate of drug-likeness (QED) is 0.610. The van der Waals surface area contributed by atoms with Crippen molar-refractivity contribution in [3.63, 3.8) is 0 Å². The SMILES string of the molecule is CC1=C2CCCCC(=O)CC2(C)CC1=O. The molecule has 0 aromatic rings. The fourth-order valence-corrected chi connectivity index (χ4v) is 3.02. The maximum absolute atomic E-state index is 11.7. The van der Waals surface area contributed by atoms with Crippen molar-refractivity contribution in [2.75, 3.05) is 0 Å². The van der Waals surface area contributed by atoms with E-state index in [2.05, 4.69) is 6.92 Å². The number of allylic oxidation sites excluding steroid dienone is 2. The molecule has 1 unspecified atom stereocenters. The Bertz CT molecular complexity index is 352. The Hall–Kier alpha value is -0.920. The van der Waals surface area contributed by atoms with Crippen LogP contribution in [0, 0.1) is 5.41 Å². The average Bonchev–Trinajstić information content (AvgIpc) is 2.31. The van der Waals surface area contributed by atoms with E-state index in [0.29, 0.717) is 25.0 Å². The first-order valence-corrected chi connectivity index (χ1v) is 5.78. The van der Waals surface area contributed by atoms with Gasteiger partial charge in [-0.05, 0) is 31.8 Å². The van der Waals surface area contributed by atoms with E-state index < -0.39 is 0 Å². The summed E-state index contributed by atoms with van der Waals surface area (Å²) in [6, 6.07) is 0. The van der Waals surface area contributed by atoms with Crippen molar-refractivity contribution in [1.82, 2.24) is 0 Å². The van der Waals surface area contributed by atoms with E-state index in [9.17, 15) is 9.59 Å². The molecule has 0 heterocycles. The Morgan fingerprint density at radius 2 is 1.73 bits per heavy atom. The molecule has 82 valence electrons. The Morgan fingerprint density at radius 3 is 2.47 bits per heavy atom. The van der Waals surface area contributed by atoms with Gasteiger partial charge in [0.2, 0.25) is 0 Å². The first-order chi connectivity index (χ1) is 7.03. The molecule has 0 aliphatic heterocycles. The molecule has 1 saturated carbocycles. The van der Waals surface area contributed by atoms with Crippen molar-refractivity contribution in [3.05, 3.63) is 11.1 Å². The molecule has 1 atom stereocenters. The van der Waals surface area contributed by atoms with Gasteiger partial charge in [-0.25, -0.2) is 0 Å². The highest BCUT2D eigenvalue weighted by Gasteiger charge is 2.41. The van der Waals surface area contributed by atoms with Gasteiger partial charge in [-0.15, -0.1) is 0 Å². The number of fused-ring (bicyclic) bond motifs is 1. The van der Waals surface area contributed by atoms with Crippen LogP contribution < -0.4 is 0 Å². The maximum atomic E-state index is 11.7. The van der Waals surface area contributed by atoms with Crippen LogP contribution in [0.3, 0.4) is 0 Å². The molecular weight excluding hydrogens is 188 g/mol. The van der Waals surface area contributed by atoms with Gasteiger partial charge in [0.15, 0.2) is 5.78 Å². The third kappa shape index (κ3) is 1.77. The van der Waals surface area contributed by atoms with Crippen LogP contribution in [-0.4, -0.2) is 11.6 Å². The highest BCUT2D eigenvalue weighted by Crippen LogP contribution is 2.47. The topological polar surface area (TPSA) is 34.1 Å². The van der Waals surface area contributed by atoms with Gasteiger partial charge in [0, 0.05) is 24.7 Å². The lowest BCUT2D eigenvalue weighted by atomic mass is 9.74. The summed E-state index contributed by atoms with van der Waals surface area (Å²) >= 11 is 0. The Labute approximate surface area is 90.7 Å². The van der Waals surface area contributed by atoms with Crippen LogP contribution in [-0.2, 0) is 9.59 Å². The predicted octanol–water partition coefficient (Wildman–Crippen LogP) is 2.82. The Balaban J connectivity index is 2.35. The molecule has 0 N–H and O–H groups in total. The van der Waals surface area contributed by atoms with Gasteiger partial charge in [-0.2, -0.15) is 0 Å². The second kappa shape index (κ2) is 3.58. The van der Waals surface area contributed by atoms with Crippen LogP contribution in [0.25, 0.3) is 0 Å². The minimum atomic E-state index is -0.140. The molecule has 2 nitrogen and oxygen atoms in total. The number of carbonyl (C=O) groups is 2. The van der Waals surface area contributed by atoms with E-state index in [1.807, 2.05) is 6.92 Å². The van der Waals surface area contributed by atoms with E-state index >= 15 is 0 Å². The first kappa shape index (κ1) is 10.6. The van der Waals surface area contributed by atoms with Crippen molar-refractivity contribution in [2.24, 2.45) is 5.41 Å². The van der Waals surface area contributed by atoms with Gasteiger partial charge in [-0.3, -0.25) is 9.59 Å². The van der Waals surface area contributed by atoms with Crippen LogP contribution in [0.1, 0.15) is 52.4 Å². The van der Waals surface area contributed by atoms with Crippen LogP contribution in [0.2, 0.25) is 0 Å². The molecule has 0 saturated heterocycles. The second-order valence-corrected chi connectivity index (χ2v) is 5.19. The minimum Gasteiger partial charge on any atom is -0.300 e. The number of rotatable bonds is 0. The summed E-state index contributed by atoms with van der Waals surface area (Å²) in [7, 11) is 0. The molecule has 0 spiro atoms. The van der Waals surface area contributed by atoms with Crippen molar-refractivity contribution in [2.45, 2.75) is 52.4 Å². The summed E-state index contributed by atoms with van der Waals surface area (Å²) < 4.78 is 0. The molecule has 2 aliphatic carbocycles. The van der Waals surface area contributed by atoms with Gasteiger partial charge >= 0.3 is 0 Å². The fourth-order valence-electron chi connectivity index (χ4n) is 3.02. The highest BCUT2D eigenvalue weighted by molar-refractivity contribution is 6.00. The molecule has 0 amide bonds. The lowest BCUT2D eigenvalue weighted by molar-refractivity contribution is -0.121. The number of Topliss-reactive ketones (excluding diaryl/α,β-unsaturated/α-hetero) is 2. The van der Waals surface area contributed by atoms with Crippen LogP contribution >= 0.6 is 0 Å². The lowest BCUT2D eigenvalue weighted by Gasteiger charge is -2.28. The molecule has 0 bridgehead atoms. The number of hydrogen-bond acceptors (Lipinski definition) is 2. The van der Waals surface area contributed by atoms with Gasteiger partial charge in [0.1, 0.15) is 5.78 Å². The smallest absolute Gasteiger partial charge is 0.159 e. The molecule has 0 aromatic carbocycles. The van der Waals surface area contributed by atoms with E-state index in [4.69, 9.17) is 0 Å². The van der Waals surface area contributed by atoms with Crippen LogP contribution in [0.5, 0.6) is 0 Å². The van der Waals surface area contributed by atoms with Gasteiger partial charge in [-0.1, -0.05) is 12.5 Å². The zero-order chi connectivity index (χ0) is 11.1. The summed E-state index contributed by atoms with van der Waals surface area (Å²) in [6.45, 7) is 4.01. The number of carbonyl (C=O) groups excluding carboxylic acids is 2. The fraction of sp³-hybridized carbons (Fsp3) is 0.692. The Morgan fingerprint density at radius 1 is 1.07 bits per heavy atom. The molecule has 0 aromatic heterocycles. The lowest BCUT2D eigenvalue weighted by Crippen LogP contribution is -2.23. The molecular formula is C13H18O2. The van der Waals surface area contributed by atoms with E-state index in [-0.39, 0.29) is 11.2 Å². The van der Waals surface area contributed by atoms with E-state index in [1.165, 1.54) is 5.57 Å². The number of hydrogen-bond donors (Lipinski definition) is 0. The second-order valence-electron chi connectivity index (χ2n) is 5.19. The molecule has 2 rings (SSSR count). The molecule has 2 heteroatoms. The van der Waals surface area contributed by atoms with Crippen molar-refractivity contribution < 1.29 is 9.59 Å². The zero-order valence-electron chi connectivity index (χ0n) is 9.56. The van der Waals surface area contributed by atoms with Gasteiger partial charge < -0.3 is 0 Å². The van der Waals surface area contributed by atoms with E-state index in [0.717, 1.165) is 24.8 Å². The molecule has 2 aliphatic rings. The molecule has 15 heavy (non-hydrogen) atoms. The van der Waals surface area contributed by atoms with Crippen LogP contribution in [0.4, 0.5) is 0 Å². The minimum absolute atomic E-state index is 0.140. The highest BCUT2D eigenvalue weighted by atomic mass is 16.1. The van der Waals surface area contributed by atoms with Gasteiger partial charge in [0.05, 0.1) is 0 Å².